The lowest BCUT2D eigenvalue weighted by Gasteiger charge is -2.27. The summed E-state index contributed by atoms with van der Waals surface area (Å²) >= 11 is 0. The van der Waals surface area contributed by atoms with Crippen LogP contribution in [0.3, 0.4) is 0 Å². The van der Waals surface area contributed by atoms with E-state index in [0.717, 1.165) is 32.2 Å². The molecule has 0 aromatic heterocycles. The van der Waals surface area contributed by atoms with Crippen LogP contribution in [0.15, 0.2) is 0 Å². The van der Waals surface area contributed by atoms with Gasteiger partial charge < -0.3 is 10.1 Å². The summed E-state index contributed by atoms with van der Waals surface area (Å²) < 4.78 is 5.24. The van der Waals surface area contributed by atoms with E-state index < -0.39 is 0 Å². The summed E-state index contributed by atoms with van der Waals surface area (Å²) in [6, 6.07) is 0.705. The van der Waals surface area contributed by atoms with Crippen molar-refractivity contribution in [2.75, 3.05) is 39.4 Å². The van der Waals surface area contributed by atoms with Gasteiger partial charge in [0.1, 0.15) is 0 Å². The quantitative estimate of drug-likeness (QED) is 0.688. The molecule has 0 amide bonds. The molecule has 1 aliphatic rings. The van der Waals surface area contributed by atoms with Crippen molar-refractivity contribution >= 4 is 0 Å². The first-order chi connectivity index (χ1) is 9.60. The monoisotopic (exact) mass is 288 g/mol. The molecule has 0 aromatic carbocycles. The van der Waals surface area contributed by atoms with Gasteiger partial charge >= 0.3 is 0 Å². The topological polar surface area (TPSA) is 24.5 Å². The Morgan fingerprint density at radius 3 is 2.25 bits per heavy atom. The minimum absolute atomic E-state index is 0. The lowest BCUT2D eigenvalue weighted by Crippen LogP contribution is -2.38. The lowest BCUT2D eigenvalue weighted by atomic mass is 10.2. The number of morpholine rings is 1. The molecule has 1 fully saturated rings. The largest absolute Gasteiger partial charge is 0.379 e. The Balaban J connectivity index is 0. The summed E-state index contributed by atoms with van der Waals surface area (Å²) in [6.07, 6.45) is 5.26. The highest BCUT2D eigenvalue weighted by atomic mass is 16.5. The van der Waals surface area contributed by atoms with Crippen molar-refractivity contribution in [2.24, 2.45) is 5.92 Å². The van der Waals surface area contributed by atoms with Crippen LogP contribution in [0.5, 0.6) is 0 Å². The Morgan fingerprint density at radius 2 is 1.75 bits per heavy atom. The average Bonchev–Trinajstić information content (AvgIpc) is 2.44. The molecule has 1 rings (SSSR count). The molecule has 0 bridgehead atoms. The molecule has 1 unspecified atom stereocenters. The minimum atomic E-state index is 0. The molecule has 1 atom stereocenters. The van der Waals surface area contributed by atoms with Gasteiger partial charge in [-0.05, 0) is 32.2 Å². The van der Waals surface area contributed by atoms with E-state index in [4.69, 9.17) is 4.74 Å². The third kappa shape index (κ3) is 12.9. The van der Waals surface area contributed by atoms with Crippen molar-refractivity contribution in [2.45, 2.75) is 66.3 Å². The second kappa shape index (κ2) is 13.8. The Morgan fingerprint density at radius 1 is 1.10 bits per heavy atom. The maximum Gasteiger partial charge on any atom is 0.0594 e. The molecule has 1 N–H and O–H groups in total. The van der Waals surface area contributed by atoms with E-state index >= 15 is 0 Å². The van der Waals surface area contributed by atoms with Gasteiger partial charge in [-0.1, -0.05) is 40.5 Å². The number of rotatable bonds is 8. The van der Waals surface area contributed by atoms with Gasteiger partial charge in [-0.15, -0.1) is 0 Å². The van der Waals surface area contributed by atoms with E-state index in [9.17, 15) is 0 Å². The number of nitrogens with one attached hydrogen (secondary N) is 1. The highest BCUT2D eigenvalue weighted by Crippen LogP contribution is 2.01. The minimum Gasteiger partial charge on any atom is -0.379 e. The average molecular weight is 289 g/mol. The van der Waals surface area contributed by atoms with Crippen molar-refractivity contribution in [1.82, 2.24) is 10.2 Å². The van der Waals surface area contributed by atoms with Crippen LogP contribution in [0.2, 0.25) is 0 Å². The Hall–Kier alpha value is -0.120. The Labute approximate surface area is 128 Å². The molecule has 3 heteroatoms. The van der Waals surface area contributed by atoms with Crippen LogP contribution in [-0.2, 0) is 4.74 Å². The van der Waals surface area contributed by atoms with Gasteiger partial charge in [0.25, 0.3) is 0 Å². The van der Waals surface area contributed by atoms with Crippen molar-refractivity contribution in [1.29, 1.82) is 0 Å². The standard InChI is InChI=1S/C9H21N.C8H17NO.H2/c1-4-6-7-8-10-9(3)5-2;1-8(2)7-9-3-5-10-6-4-9;/h9-10H,4-8H2,1-3H3;8H,3-7H2,1-2H3;1H. The number of ether oxygens (including phenoxy) is 1. The fourth-order valence-electron chi connectivity index (χ4n) is 2.17. The molecule has 0 saturated carbocycles. The third-order valence-corrected chi connectivity index (χ3v) is 3.61. The van der Waals surface area contributed by atoms with Gasteiger partial charge in [0, 0.05) is 27.1 Å². The third-order valence-electron chi connectivity index (χ3n) is 3.61. The van der Waals surface area contributed by atoms with E-state index in [2.05, 4.69) is 44.8 Å². The van der Waals surface area contributed by atoms with Crippen LogP contribution < -0.4 is 5.32 Å². The summed E-state index contributed by atoms with van der Waals surface area (Å²) in [5.74, 6) is 0.790. The van der Waals surface area contributed by atoms with E-state index in [1.54, 1.807) is 0 Å². The van der Waals surface area contributed by atoms with Crippen LogP contribution >= 0.6 is 0 Å². The molecule has 0 radical (unpaired) electrons. The van der Waals surface area contributed by atoms with E-state index in [0.29, 0.717) is 6.04 Å². The van der Waals surface area contributed by atoms with Crippen molar-refractivity contribution in [3.8, 4) is 0 Å². The maximum atomic E-state index is 5.24. The molecule has 20 heavy (non-hydrogen) atoms. The lowest BCUT2D eigenvalue weighted by molar-refractivity contribution is 0.0329. The normalized spacial score (nSPS) is 17.7. The summed E-state index contributed by atoms with van der Waals surface area (Å²) in [4.78, 5) is 2.47. The van der Waals surface area contributed by atoms with E-state index in [1.807, 2.05) is 0 Å². The maximum absolute atomic E-state index is 5.24. The summed E-state index contributed by atoms with van der Waals surface area (Å²) in [5.41, 5.74) is 0. The van der Waals surface area contributed by atoms with Gasteiger partial charge in [-0.25, -0.2) is 0 Å². The summed E-state index contributed by atoms with van der Waals surface area (Å²) in [7, 11) is 0. The van der Waals surface area contributed by atoms with E-state index in [1.165, 1.54) is 38.8 Å². The zero-order valence-electron chi connectivity index (χ0n) is 14.6. The molecule has 1 saturated heterocycles. The number of nitrogens with zero attached hydrogens (tertiary/aromatic N) is 1. The highest BCUT2D eigenvalue weighted by Gasteiger charge is 2.10. The molecule has 0 aromatic rings. The number of hydrogen-bond donors (Lipinski definition) is 1. The first kappa shape index (κ1) is 19.9. The van der Waals surface area contributed by atoms with Crippen LogP contribution in [0.1, 0.15) is 61.7 Å². The van der Waals surface area contributed by atoms with Crippen molar-refractivity contribution < 1.29 is 6.16 Å². The van der Waals surface area contributed by atoms with Gasteiger partial charge in [0.15, 0.2) is 0 Å². The smallest absolute Gasteiger partial charge is 0.0594 e. The van der Waals surface area contributed by atoms with Gasteiger partial charge in [-0.3, -0.25) is 4.90 Å². The molecule has 1 aliphatic heterocycles. The number of hydrogen-bond acceptors (Lipinski definition) is 3. The molecular weight excluding hydrogens is 248 g/mol. The fourth-order valence-corrected chi connectivity index (χ4v) is 2.17. The SMILES string of the molecule is CC(C)CN1CCOCC1.CCCCCNC(C)CC.[HH]. The molecule has 3 nitrogen and oxygen atoms in total. The van der Waals surface area contributed by atoms with E-state index in [-0.39, 0.29) is 1.43 Å². The van der Waals surface area contributed by atoms with Crippen LogP contribution in [0.4, 0.5) is 0 Å². The van der Waals surface area contributed by atoms with Crippen LogP contribution in [0.25, 0.3) is 0 Å². The second-order valence-corrected chi connectivity index (χ2v) is 6.28. The highest BCUT2D eigenvalue weighted by molar-refractivity contribution is 4.62. The zero-order chi connectivity index (χ0) is 15.2. The van der Waals surface area contributed by atoms with Crippen molar-refractivity contribution in [3.05, 3.63) is 0 Å². The Bertz CT molecular complexity index is 197. The Kier molecular flexibility index (Phi) is 13.8. The second-order valence-electron chi connectivity index (χ2n) is 6.28. The van der Waals surface area contributed by atoms with Crippen molar-refractivity contribution in [3.63, 3.8) is 0 Å². The summed E-state index contributed by atoms with van der Waals surface area (Å²) in [5, 5.41) is 3.47. The van der Waals surface area contributed by atoms with Gasteiger partial charge in [0.05, 0.1) is 13.2 Å². The summed E-state index contributed by atoms with van der Waals surface area (Å²) in [6.45, 7) is 17.7. The predicted octanol–water partition coefficient (Wildman–Crippen LogP) is 3.79. The molecule has 124 valence electrons. The first-order valence-corrected chi connectivity index (χ1v) is 8.63. The van der Waals surface area contributed by atoms with Gasteiger partial charge in [-0.2, -0.15) is 0 Å². The number of unbranched alkanes of at least 4 members (excludes halogenated alkanes) is 2. The molecule has 1 heterocycles. The molecular formula is C17H40N2O. The van der Waals surface area contributed by atoms with Gasteiger partial charge in [0.2, 0.25) is 0 Å². The van der Waals surface area contributed by atoms with Crippen LogP contribution in [0, 0.1) is 5.92 Å². The first-order valence-electron chi connectivity index (χ1n) is 8.63. The molecule has 0 aliphatic carbocycles. The predicted molar refractivity (Wildman–Crippen MR) is 91.5 cm³/mol. The molecule has 0 spiro atoms. The zero-order valence-corrected chi connectivity index (χ0v) is 14.6. The van der Waals surface area contributed by atoms with Crippen LogP contribution in [-0.4, -0.2) is 50.3 Å². The fraction of sp³-hybridized carbons (Fsp3) is 1.00.